The molecule has 6 nitrogen and oxygen atoms in total. The van der Waals surface area contributed by atoms with E-state index in [4.69, 9.17) is 9.47 Å². The number of hydrogen-bond donors (Lipinski definition) is 1. The minimum Gasteiger partial charge on any atom is -0.497 e. The summed E-state index contributed by atoms with van der Waals surface area (Å²) in [5.74, 6) is 0.714. The number of nitrogens with one attached hydrogen (secondary N) is 1. The topological polar surface area (TPSA) is 60.0 Å². The van der Waals surface area contributed by atoms with Crippen LogP contribution in [0.3, 0.4) is 0 Å². The molecular weight excluding hydrogens is 358 g/mol. The molecule has 0 aliphatic carbocycles. The summed E-state index contributed by atoms with van der Waals surface area (Å²) in [4.78, 5) is 13.9. The first-order valence-electron chi connectivity index (χ1n) is 8.15. The number of ether oxygens (including phenoxy) is 3. The molecule has 0 aliphatic heterocycles. The van der Waals surface area contributed by atoms with Gasteiger partial charge in [-0.15, -0.1) is 0 Å². The highest BCUT2D eigenvalue weighted by Gasteiger charge is 2.13. The molecular formula is C19H22F2N2O4. The van der Waals surface area contributed by atoms with Crippen molar-refractivity contribution in [1.82, 2.24) is 4.90 Å². The summed E-state index contributed by atoms with van der Waals surface area (Å²) in [6.45, 7) is -2.33. The van der Waals surface area contributed by atoms with Gasteiger partial charge in [0.25, 0.3) is 0 Å². The lowest BCUT2D eigenvalue weighted by Gasteiger charge is -2.18. The molecule has 0 heterocycles. The van der Waals surface area contributed by atoms with Crippen molar-refractivity contribution in [1.29, 1.82) is 0 Å². The largest absolute Gasteiger partial charge is 0.497 e. The number of rotatable bonds is 9. The first-order valence-corrected chi connectivity index (χ1v) is 8.15. The van der Waals surface area contributed by atoms with Crippen LogP contribution in [0.15, 0.2) is 42.5 Å². The van der Waals surface area contributed by atoms with Gasteiger partial charge in [-0.05, 0) is 49.0 Å². The van der Waals surface area contributed by atoms with Crippen LogP contribution in [0.5, 0.6) is 17.2 Å². The third kappa shape index (κ3) is 6.41. The summed E-state index contributed by atoms with van der Waals surface area (Å²) in [6, 6.07) is 11.7. The van der Waals surface area contributed by atoms with Crippen molar-refractivity contribution in [2.45, 2.75) is 13.2 Å². The van der Waals surface area contributed by atoms with Crippen LogP contribution in [0.2, 0.25) is 0 Å². The van der Waals surface area contributed by atoms with Gasteiger partial charge in [0.2, 0.25) is 5.91 Å². The molecule has 0 aromatic heterocycles. The van der Waals surface area contributed by atoms with E-state index in [1.165, 1.54) is 13.2 Å². The maximum atomic E-state index is 12.4. The molecule has 0 spiro atoms. The van der Waals surface area contributed by atoms with E-state index in [2.05, 4.69) is 10.1 Å². The van der Waals surface area contributed by atoms with Crippen LogP contribution < -0.4 is 19.5 Å². The van der Waals surface area contributed by atoms with Crippen LogP contribution in [0, 0.1) is 0 Å². The number of benzene rings is 2. The number of likely N-dealkylation sites (N-methyl/N-ethyl adjacent to an activating group) is 1. The lowest BCUT2D eigenvalue weighted by Crippen LogP contribution is -2.29. The second-order valence-corrected chi connectivity index (χ2v) is 5.81. The SMILES string of the molecule is COc1ccc(NC(=O)CN(C)Cc2ccc(OC(F)F)c(OC)c2)cc1. The first-order chi connectivity index (χ1) is 12.9. The predicted molar refractivity (Wildman–Crippen MR) is 97.6 cm³/mol. The zero-order valence-corrected chi connectivity index (χ0v) is 15.4. The molecule has 0 unspecified atom stereocenters. The van der Waals surface area contributed by atoms with Gasteiger partial charge in [-0.1, -0.05) is 6.07 Å². The van der Waals surface area contributed by atoms with Crippen LogP contribution in [-0.2, 0) is 11.3 Å². The summed E-state index contributed by atoms with van der Waals surface area (Å²) < 4.78 is 39.3. The second kappa shape index (κ2) is 9.72. The van der Waals surface area contributed by atoms with E-state index in [0.717, 1.165) is 5.56 Å². The minimum atomic E-state index is -2.92. The molecule has 0 atom stereocenters. The summed E-state index contributed by atoms with van der Waals surface area (Å²) in [5, 5.41) is 2.80. The highest BCUT2D eigenvalue weighted by atomic mass is 19.3. The van der Waals surface area contributed by atoms with Gasteiger partial charge in [-0.3, -0.25) is 9.69 Å². The van der Waals surface area contributed by atoms with Gasteiger partial charge in [0, 0.05) is 12.2 Å². The average Bonchev–Trinajstić information content (AvgIpc) is 2.63. The third-order valence-corrected chi connectivity index (χ3v) is 3.68. The Morgan fingerprint density at radius 2 is 1.78 bits per heavy atom. The maximum absolute atomic E-state index is 12.4. The Morgan fingerprint density at radius 1 is 1.07 bits per heavy atom. The number of halogens is 2. The summed E-state index contributed by atoms with van der Waals surface area (Å²) in [6.07, 6.45) is 0. The summed E-state index contributed by atoms with van der Waals surface area (Å²) >= 11 is 0. The summed E-state index contributed by atoms with van der Waals surface area (Å²) in [7, 11) is 4.73. The number of amides is 1. The van der Waals surface area contributed by atoms with E-state index in [9.17, 15) is 13.6 Å². The van der Waals surface area contributed by atoms with Gasteiger partial charge >= 0.3 is 6.61 Å². The first kappa shape index (κ1) is 20.4. The maximum Gasteiger partial charge on any atom is 0.387 e. The van der Waals surface area contributed by atoms with E-state index >= 15 is 0 Å². The molecule has 146 valence electrons. The normalized spacial score (nSPS) is 10.8. The number of anilines is 1. The second-order valence-electron chi connectivity index (χ2n) is 5.81. The Morgan fingerprint density at radius 3 is 2.37 bits per heavy atom. The molecule has 2 rings (SSSR count). The Kier molecular flexibility index (Phi) is 7.36. The number of alkyl halides is 2. The molecule has 0 aliphatic rings. The molecule has 2 aromatic carbocycles. The van der Waals surface area contributed by atoms with Gasteiger partial charge in [-0.25, -0.2) is 0 Å². The van der Waals surface area contributed by atoms with Crippen molar-refractivity contribution in [2.75, 3.05) is 33.1 Å². The van der Waals surface area contributed by atoms with Gasteiger partial charge in [0.05, 0.1) is 20.8 Å². The van der Waals surface area contributed by atoms with Crippen molar-refractivity contribution in [3.63, 3.8) is 0 Å². The van der Waals surface area contributed by atoms with Gasteiger partial charge in [0.1, 0.15) is 5.75 Å². The van der Waals surface area contributed by atoms with E-state index in [1.54, 1.807) is 55.5 Å². The average molecular weight is 380 g/mol. The molecule has 0 bridgehead atoms. The highest BCUT2D eigenvalue weighted by molar-refractivity contribution is 5.92. The standard InChI is InChI=1S/C19H22F2N2O4/c1-23(12-18(24)22-14-5-7-15(25-2)8-6-14)11-13-4-9-16(27-19(20)21)17(10-13)26-3/h4-10,19H,11-12H2,1-3H3,(H,22,24). The fraction of sp³-hybridized carbons (Fsp3) is 0.316. The molecule has 0 radical (unpaired) electrons. The van der Waals surface area contributed by atoms with Crippen molar-refractivity contribution in [2.24, 2.45) is 0 Å². The predicted octanol–water partition coefficient (Wildman–Crippen LogP) is 3.38. The monoisotopic (exact) mass is 380 g/mol. The van der Waals surface area contributed by atoms with E-state index in [1.807, 2.05) is 0 Å². The summed E-state index contributed by atoms with van der Waals surface area (Å²) in [5.41, 5.74) is 1.47. The van der Waals surface area contributed by atoms with Crippen LogP contribution in [-0.4, -0.2) is 45.2 Å². The Labute approximate surface area is 156 Å². The van der Waals surface area contributed by atoms with E-state index < -0.39 is 6.61 Å². The molecule has 1 N–H and O–H groups in total. The minimum absolute atomic E-state index is 0.0313. The third-order valence-electron chi connectivity index (χ3n) is 3.68. The fourth-order valence-corrected chi connectivity index (χ4v) is 2.49. The molecule has 2 aromatic rings. The number of methoxy groups -OCH3 is 2. The Balaban J connectivity index is 1.91. The molecule has 1 amide bonds. The molecule has 0 saturated heterocycles. The quantitative estimate of drug-likeness (QED) is 0.723. The van der Waals surface area contributed by atoms with Crippen LogP contribution in [0.25, 0.3) is 0 Å². The zero-order chi connectivity index (χ0) is 19.8. The zero-order valence-electron chi connectivity index (χ0n) is 15.4. The Bertz CT molecular complexity index is 754. The van der Waals surface area contributed by atoms with Crippen molar-refractivity contribution < 1.29 is 27.8 Å². The number of carbonyl (C=O) groups excluding carboxylic acids is 1. The molecule has 0 saturated carbocycles. The van der Waals surface area contributed by atoms with Gasteiger partial charge in [-0.2, -0.15) is 8.78 Å². The highest BCUT2D eigenvalue weighted by Crippen LogP contribution is 2.29. The van der Waals surface area contributed by atoms with Crippen LogP contribution in [0.1, 0.15) is 5.56 Å². The van der Waals surface area contributed by atoms with Crippen molar-refractivity contribution >= 4 is 11.6 Å². The molecule has 0 fully saturated rings. The van der Waals surface area contributed by atoms with Crippen LogP contribution in [0.4, 0.5) is 14.5 Å². The van der Waals surface area contributed by atoms with E-state index in [0.29, 0.717) is 18.0 Å². The van der Waals surface area contributed by atoms with Crippen molar-refractivity contribution in [3.05, 3.63) is 48.0 Å². The number of hydrogen-bond acceptors (Lipinski definition) is 5. The lowest BCUT2D eigenvalue weighted by atomic mass is 10.2. The number of carbonyl (C=O) groups is 1. The van der Waals surface area contributed by atoms with Gasteiger partial charge < -0.3 is 19.5 Å². The van der Waals surface area contributed by atoms with Crippen LogP contribution >= 0.6 is 0 Å². The van der Waals surface area contributed by atoms with E-state index in [-0.39, 0.29) is 24.0 Å². The lowest BCUT2D eigenvalue weighted by molar-refractivity contribution is -0.117. The fourth-order valence-electron chi connectivity index (χ4n) is 2.49. The van der Waals surface area contributed by atoms with Gasteiger partial charge in [0.15, 0.2) is 11.5 Å². The Hall–Kier alpha value is -2.87. The van der Waals surface area contributed by atoms with Crippen molar-refractivity contribution in [3.8, 4) is 17.2 Å². The number of nitrogens with zero attached hydrogens (tertiary/aromatic N) is 1. The smallest absolute Gasteiger partial charge is 0.387 e. The molecule has 8 heteroatoms. The molecule has 27 heavy (non-hydrogen) atoms.